The fourth-order valence-corrected chi connectivity index (χ4v) is 1.65. The van der Waals surface area contributed by atoms with Gasteiger partial charge in [-0.05, 0) is 29.8 Å². The highest BCUT2D eigenvalue weighted by Crippen LogP contribution is 2.16. The molecule has 0 fully saturated rings. The summed E-state index contributed by atoms with van der Waals surface area (Å²) < 4.78 is 17.7. The third kappa shape index (κ3) is 4.92. The summed E-state index contributed by atoms with van der Waals surface area (Å²) >= 11 is 0. The van der Waals surface area contributed by atoms with Crippen LogP contribution in [0.3, 0.4) is 0 Å². The third-order valence-electron chi connectivity index (χ3n) is 2.78. The van der Waals surface area contributed by atoms with Crippen LogP contribution >= 0.6 is 0 Å². The number of nitrogens with one attached hydrogen (secondary N) is 2. The Hall–Kier alpha value is -3.22. The number of ether oxygens (including phenoxy) is 1. The second kappa shape index (κ2) is 7.69. The molecule has 0 bridgehead atoms. The van der Waals surface area contributed by atoms with Gasteiger partial charge in [-0.15, -0.1) is 0 Å². The number of hydrogen-bond donors (Lipinski definition) is 2. The van der Waals surface area contributed by atoms with E-state index in [2.05, 4.69) is 15.8 Å². The van der Waals surface area contributed by atoms with Crippen molar-refractivity contribution in [3.63, 3.8) is 0 Å². The zero-order chi connectivity index (χ0) is 16.7. The molecule has 0 unspecified atom stereocenters. The molecule has 0 aromatic heterocycles. The van der Waals surface area contributed by atoms with Gasteiger partial charge in [0.2, 0.25) is 0 Å². The first kappa shape index (κ1) is 16.2. The SMILES string of the molecule is COc1cccc(NC(=O)C(=O)N/N=C\c2ccc(F)cc2)c1. The maximum absolute atomic E-state index is 12.7. The molecule has 0 spiro atoms. The second-order valence-corrected chi connectivity index (χ2v) is 4.44. The maximum Gasteiger partial charge on any atom is 0.329 e. The van der Waals surface area contributed by atoms with Gasteiger partial charge >= 0.3 is 11.8 Å². The first-order valence-electron chi connectivity index (χ1n) is 6.62. The van der Waals surface area contributed by atoms with Crippen molar-refractivity contribution in [1.29, 1.82) is 0 Å². The van der Waals surface area contributed by atoms with Crippen LogP contribution in [0.4, 0.5) is 10.1 Å². The summed E-state index contributed by atoms with van der Waals surface area (Å²) in [6.07, 6.45) is 1.30. The predicted octanol–water partition coefficient (Wildman–Crippen LogP) is 1.92. The first-order chi connectivity index (χ1) is 11.1. The molecule has 0 atom stereocenters. The van der Waals surface area contributed by atoms with Crippen molar-refractivity contribution in [3.8, 4) is 5.75 Å². The van der Waals surface area contributed by atoms with Crippen molar-refractivity contribution in [2.75, 3.05) is 12.4 Å². The lowest BCUT2D eigenvalue weighted by atomic mass is 10.2. The molecular formula is C16H14FN3O3. The zero-order valence-electron chi connectivity index (χ0n) is 12.2. The van der Waals surface area contributed by atoms with Crippen LogP contribution in [-0.4, -0.2) is 25.1 Å². The molecule has 0 heterocycles. The minimum Gasteiger partial charge on any atom is -0.497 e. The molecule has 2 amide bonds. The molecule has 2 N–H and O–H groups in total. The Balaban J connectivity index is 1.89. The maximum atomic E-state index is 12.7. The third-order valence-corrected chi connectivity index (χ3v) is 2.78. The summed E-state index contributed by atoms with van der Waals surface area (Å²) in [6, 6.07) is 12.1. The van der Waals surface area contributed by atoms with Crippen LogP contribution in [-0.2, 0) is 9.59 Å². The fraction of sp³-hybridized carbons (Fsp3) is 0.0625. The Morgan fingerprint density at radius 3 is 2.57 bits per heavy atom. The molecule has 0 saturated carbocycles. The van der Waals surface area contributed by atoms with Crippen LogP contribution < -0.4 is 15.5 Å². The van der Waals surface area contributed by atoms with E-state index in [9.17, 15) is 14.0 Å². The number of carbonyl (C=O) groups excluding carboxylic acids is 2. The minimum absolute atomic E-state index is 0.371. The zero-order valence-corrected chi connectivity index (χ0v) is 12.2. The molecule has 6 nitrogen and oxygen atoms in total. The van der Waals surface area contributed by atoms with Crippen LogP contribution in [0.1, 0.15) is 5.56 Å². The molecule has 118 valence electrons. The molecule has 0 aliphatic rings. The van der Waals surface area contributed by atoms with E-state index in [4.69, 9.17) is 4.74 Å². The normalized spacial score (nSPS) is 10.3. The Morgan fingerprint density at radius 1 is 1.13 bits per heavy atom. The Bertz CT molecular complexity index is 730. The van der Waals surface area contributed by atoms with Crippen molar-refractivity contribution in [1.82, 2.24) is 5.43 Å². The lowest BCUT2D eigenvalue weighted by molar-refractivity contribution is -0.136. The smallest absolute Gasteiger partial charge is 0.329 e. The van der Waals surface area contributed by atoms with E-state index in [1.54, 1.807) is 24.3 Å². The van der Waals surface area contributed by atoms with Gasteiger partial charge in [-0.3, -0.25) is 9.59 Å². The van der Waals surface area contributed by atoms with Crippen molar-refractivity contribution >= 4 is 23.7 Å². The molecule has 0 aliphatic heterocycles. The number of anilines is 1. The average Bonchev–Trinajstić information content (AvgIpc) is 2.56. The summed E-state index contributed by atoms with van der Waals surface area (Å²) in [5, 5.41) is 6.05. The highest BCUT2D eigenvalue weighted by Gasteiger charge is 2.12. The molecule has 2 aromatic carbocycles. The van der Waals surface area contributed by atoms with Gasteiger partial charge in [0, 0.05) is 11.8 Å². The van der Waals surface area contributed by atoms with Crippen LogP contribution in [0, 0.1) is 5.82 Å². The van der Waals surface area contributed by atoms with Gasteiger partial charge in [0.1, 0.15) is 11.6 Å². The highest BCUT2D eigenvalue weighted by atomic mass is 19.1. The van der Waals surface area contributed by atoms with Gasteiger partial charge < -0.3 is 10.1 Å². The van der Waals surface area contributed by atoms with E-state index in [-0.39, 0.29) is 5.82 Å². The summed E-state index contributed by atoms with van der Waals surface area (Å²) in [7, 11) is 1.50. The quantitative estimate of drug-likeness (QED) is 0.514. The van der Waals surface area contributed by atoms with Gasteiger partial charge in [-0.25, -0.2) is 9.82 Å². The lowest BCUT2D eigenvalue weighted by Gasteiger charge is -2.05. The number of carbonyl (C=O) groups is 2. The Morgan fingerprint density at radius 2 is 1.87 bits per heavy atom. The van der Waals surface area contributed by atoms with Gasteiger partial charge in [-0.1, -0.05) is 18.2 Å². The van der Waals surface area contributed by atoms with Gasteiger partial charge in [0.15, 0.2) is 0 Å². The van der Waals surface area contributed by atoms with Crippen LogP contribution in [0.25, 0.3) is 0 Å². The van der Waals surface area contributed by atoms with E-state index in [1.807, 2.05) is 0 Å². The van der Waals surface area contributed by atoms with Gasteiger partial charge in [0.05, 0.1) is 13.3 Å². The number of rotatable bonds is 4. The van der Waals surface area contributed by atoms with E-state index in [0.29, 0.717) is 17.0 Å². The number of amides is 2. The Kier molecular flexibility index (Phi) is 5.40. The second-order valence-electron chi connectivity index (χ2n) is 4.44. The Labute approximate surface area is 132 Å². The molecule has 23 heavy (non-hydrogen) atoms. The topological polar surface area (TPSA) is 79.8 Å². The van der Waals surface area contributed by atoms with E-state index in [0.717, 1.165) is 0 Å². The number of benzene rings is 2. The number of hydrazone groups is 1. The molecule has 7 heteroatoms. The lowest BCUT2D eigenvalue weighted by Crippen LogP contribution is -2.32. The largest absolute Gasteiger partial charge is 0.497 e. The van der Waals surface area contributed by atoms with Crippen LogP contribution in [0.15, 0.2) is 53.6 Å². The number of halogens is 1. The number of methoxy groups -OCH3 is 1. The number of hydrogen-bond acceptors (Lipinski definition) is 4. The highest BCUT2D eigenvalue weighted by molar-refractivity contribution is 6.39. The molecule has 0 radical (unpaired) electrons. The van der Waals surface area contributed by atoms with Gasteiger partial charge in [0.25, 0.3) is 0 Å². The summed E-state index contributed by atoms with van der Waals surface area (Å²) in [6.45, 7) is 0. The molecular weight excluding hydrogens is 301 g/mol. The van der Waals surface area contributed by atoms with Crippen molar-refractivity contribution in [2.24, 2.45) is 5.10 Å². The summed E-state index contributed by atoms with van der Waals surface area (Å²) in [5.74, 6) is -1.61. The molecule has 2 rings (SSSR count). The van der Waals surface area contributed by atoms with E-state index < -0.39 is 11.8 Å². The standard InChI is InChI=1S/C16H14FN3O3/c1-23-14-4-2-3-13(9-14)19-15(21)16(22)20-18-10-11-5-7-12(17)8-6-11/h2-10H,1H3,(H,19,21)(H,20,22)/b18-10-. The predicted molar refractivity (Wildman–Crippen MR) is 83.8 cm³/mol. The minimum atomic E-state index is -0.925. The summed E-state index contributed by atoms with van der Waals surface area (Å²) in [4.78, 5) is 23.3. The van der Waals surface area contributed by atoms with Crippen LogP contribution in [0.2, 0.25) is 0 Å². The fourth-order valence-electron chi connectivity index (χ4n) is 1.65. The van der Waals surface area contributed by atoms with Crippen LogP contribution in [0.5, 0.6) is 5.75 Å². The summed E-state index contributed by atoms with van der Waals surface area (Å²) in [5.41, 5.74) is 3.09. The molecule has 0 aliphatic carbocycles. The van der Waals surface area contributed by atoms with Crippen molar-refractivity contribution in [3.05, 3.63) is 59.9 Å². The molecule has 0 saturated heterocycles. The van der Waals surface area contributed by atoms with Crippen molar-refractivity contribution in [2.45, 2.75) is 0 Å². The van der Waals surface area contributed by atoms with E-state index in [1.165, 1.54) is 37.6 Å². The van der Waals surface area contributed by atoms with Gasteiger partial charge in [-0.2, -0.15) is 5.10 Å². The van der Waals surface area contributed by atoms with Crippen molar-refractivity contribution < 1.29 is 18.7 Å². The number of nitrogens with zero attached hydrogens (tertiary/aromatic N) is 1. The van der Waals surface area contributed by atoms with E-state index >= 15 is 0 Å². The first-order valence-corrected chi connectivity index (χ1v) is 6.62. The molecule has 2 aromatic rings. The average molecular weight is 315 g/mol. The monoisotopic (exact) mass is 315 g/mol.